The maximum atomic E-state index is 12.9. The number of alkyl halides is 3. The number of benzene rings is 3. The summed E-state index contributed by atoms with van der Waals surface area (Å²) in [6, 6.07) is 15.9. The summed E-state index contributed by atoms with van der Waals surface area (Å²) in [6.45, 7) is 3.64. The van der Waals surface area contributed by atoms with E-state index >= 15 is 0 Å². The van der Waals surface area contributed by atoms with Crippen LogP contribution in [0.1, 0.15) is 44.6 Å². The third-order valence-corrected chi connectivity index (χ3v) is 5.60. The molecule has 0 atom stereocenters. The lowest BCUT2D eigenvalue weighted by atomic mass is 10.0. The normalized spacial score (nSPS) is 11.2. The van der Waals surface area contributed by atoms with Crippen molar-refractivity contribution >= 4 is 11.9 Å². The Morgan fingerprint density at radius 2 is 1.66 bits per heavy atom. The van der Waals surface area contributed by atoms with E-state index in [1.807, 2.05) is 43.3 Å². The first-order chi connectivity index (χ1) is 16.5. The lowest BCUT2D eigenvalue weighted by molar-refractivity contribution is -0.138. The molecule has 3 rings (SSSR count). The van der Waals surface area contributed by atoms with Gasteiger partial charge in [0.15, 0.2) is 0 Å². The number of aryl methyl sites for hydroxylation is 3. The second-order valence-electron chi connectivity index (χ2n) is 8.23. The van der Waals surface area contributed by atoms with Gasteiger partial charge in [-0.3, -0.25) is 9.59 Å². The Kier molecular flexibility index (Phi) is 8.17. The van der Waals surface area contributed by atoms with Crippen molar-refractivity contribution in [3.63, 3.8) is 0 Å². The van der Waals surface area contributed by atoms with Crippen molar-refractivity contribution < 1.29 is 32.6 Å². The molecule has 0 saturated carbocycles. The summed E-state index contributed by atoms with van der Waals surface area (Å²) in [7, 11) is 0. The first-order valence-corrected chi connectivity index (χ1v) is 11.1. The van der Waals surface area contributed by atoms with Gasteiger partial charge in [0, 0.05) is 18.5 Å². The number of carboxylic acids is 1. The molecule has 2 N–H and O–H groups in total. The number of carboxylic acid groups (broad SMARTS) is 1. The van der Waals surface area contributed by atoms with Gasteiger partial charge in [0.05, 0.1) is 5.56 Å². The largest absolute Gasteiger partial charge is 0.481 e. The molecular formula is C27H26F3NO4. The van der Waals surface area contributed by atoms with Gasteiger partial charge >= 0.3 is 12.1 Å². The molecule has 1 amide bonds. The molecule has 0 radical (unpaired) electrons. The molecule has 5 nitrogen and oxygen atoms in total. The predicted octanol–water partition coefficient (Wildman–Crippen LogP) is 6.10. The topological polar surface area (TPSA) is 75.6 Å². The minimum absolute atomic E-state index is 0.0571. The van der Waals surface area contributed by atoms with E-state index in [0.717, 1.165) is 28.8 Å². The van der Waals surface area contributed by atoms with E-state index in [-0.39, 0.29) is 24.1 Å². The van der Waals surface area contributed by atoms with Gasteiger partial charge in [0.2, 0.25) is 0 Å². The highest BCUT2D eigenvalue weighted by Crippen LogP contribution is 2.31. The van der Waals surface area contributed by atoms with E-state index in [1.165, 1.54) is 13.0 Å². The van der Waals surface area contributed by atoms with Crippen LogP contribution in [0.3, 0.4) is 0 Å². The van der Waals surface area contributed by atoms with Gasteiger partial charge in [0.1, 0.15) is 11.5 Å². The number of halogens is 3. The van der Waals surface area contributed by atoms with E-state index in [9.17, 15) is 22.8 Å². The first kappa shape index (κ1) is 25.8. The summed E-state index contributed by atoms with van der Waals surface area (Å²) in [5.74, 6) is -0.0648. The summed E-state index contributed by atoms with van der Waals surface area (Å²) in [4.78, 5) is 23.3. The van der Waals surface area contributed by atoms with Gasteiger partial charge in [-0.1, -0.05) is 24.3 Å². The van der Waals surface area contributed by atoms with Crippen LogP contribution in [-0.4, -0.2) is 23.5 Å². The van der Waals surface area contributed by atoms with Gasteiger partial charge in [-0.25, -0.2) is 0 Å². The van der Waals surface area contributed by atoms with E-state index in [0.29, 0.717) is 24.3 Å². The number of aliphatic carboxylic acids is 1. The van der Waals surface area contributed by atoms with Gasteiger partial charge in [-0.05, 0) is 85.3 Å². The second-order valence-corrected chi connectivity index (χ2v) is 8.23. The molecule has 0 aliphatic carbocycles. The molecule has 0 aromatic heterocycles. The fraction of sp³-hybridized carbons (Fsp3) is 0.259. The molecule has 35 heavy (non-hydrogen) atoms. The summed E-state index contributed by atoms with van der Waals surface area (Å²) in [6.07, 6.45) is -3.50. The highest BCUT2D eigenvalue weighted by Gasteiger charge is 2.31. The number of hydrogen-bond donors (Lipinski definition) is 2. The molecule has 3 aromatic rings. The van der Waals surface area contributed by atoms with Crippen molar-refractivity contribution in [1.29, 1.82) is 0 Å². The quantitative estimate of drug-likeness (QED) is 0.384. The van der Waals surface area contributed by atoms with Crippen molar-refractivity contribution in [2.45, 2.75) is 39.3 Å². The maximum Gasteiger partial charge on any atom is 0.416 e. The monoisotopic (exact) mass is 485 g/mol. The number of para-hydroxylation sites is 1. The van der Waals surface area contributed by atoms with E-state index < -0.39 is 23.6 Å². The molecule has 0 aliphatic rings. The molecule has 0 fully saturated rings. The second kappa shape index (κ2) is 11.1. The molecule has 184 valence electrons. The number of amides is 1. The minimum Gasteiger partial charge on any atom is -0.481 e. The van der Waals surface area contributed by atoms with Crippen molar-refractivity contribution in [2.75, 3.05) is 6.54 Å². The van der Waals surface area contributed by atoms with Crippen LogP contribution in [0.4, 0.5) is 13.2 Å². The van der Waals surface area contributed by atoms with Crippen LogP contribution in [0.5, 0.6) is 11.5 Å². The van der Waals surface area contributed by atoms with Crippen molar-refractivity contribution in [2.24, 2.45) is 0 Å². The first-order valence-electron chi connectivity index (χ1n) is 11.1. The van der Waals surface area contributed by atoms with Crippen LogP contribution in [0.25, 0.3) is 0 Å². The molecule has 8 heteroatoms. The van der Waals surface area contributed by atoms with Crippen LogP contribution in [0.15, 0.2) is 60.7 Å². The van der Waals surface area contributed by atoms with Crippen LogP contribution >= 0.6 is 0 Å². The minimum atomic E-state index is -4.46. The third kappa shape index (κ3) is 7.09. The zero-order valence-corrected chi connectivity index (χ0v) is 19.4. The molecule has 0 spiro atoms. The summed E-state index contributed by atoms with van der Waals surface area (Å²) in [5.41, 5.74) is 2.38. The van der Waals surface area contributed by atoms with Crippen molar-refractivity contribution in [3.05, 3.63) is 94.0 Å². The summed E-state index contributed by atoms with van der Waals surface area (Å²) >= 11 is 0. The Labute approximate surface area is 201 Å². The van der Waals surface area contributed by atoms with Gasteiger partial charge in [-0.2, -0.15) is 13.2 Å². The van der Waals surface area contributed by atoms with Crippen LogP contribution in [0.2, 0.25) is 0 Å². The van der Waals surface area contributed by atoms with Crippen LogP contribution in [0, 0.1) is 13.8 Å². The zero-order valence-electron chi connectivity index (χ0n) is 19.4. The van der Waals surface area contributed by atoms with Crippen molar-refractivity contribution in [3.8, 4) is 11.5 Å². The molecule has 0 heterocycles. The number of carbonyl (C=O) groups excluding carboxylic acids is 1. The van der Waals surface area contributed by atoms with Gasteiger partial charge in [-0.15, -0.1) is 0 Å². The Balaban J connectivity index is 1.63. The smallest absolute Gasteiger partial charge is 0.416 e. The summed E-state index contributed by atoms with van der Waals surface area (Å²) < 4.78 is 44.6. The Bertz CT molecular complexity index is 1220. The van der Waals surface area contributed by atoms with Gasteiger partial charge < -0.3 is 15.2 Å². The fourth-order valence-corrected chi connectivity index (χ4v) is 3.69. The standard InChI is InChI=1S/C27H26F3NO4/c1-17-16-22(10-7-19(17)8-12-25(32)33)35-24-6-4-3-5-20(24)13-14-31-26(34)23-11-9-21(15-18(23)2)27(28,29)30/h3-7,9-11,15-16H,8,12-14H2,1-2H3,(H,31,34)(H,32,33). The molecule has 0 aliphatic heterocycles. The zero-order chi connectivity index (χ0) is 25.6. The number of carbonyl (C=O) groups is 2. The average molecular weight is 486 g/mol. The lowest BCUT2D eigenvalue weighted by Gasteiger charge is -2.14. The third-order valence-electron chi connectivity index (χ3n) is 5.60. The van der Waals surface area contributed by atoms with Gasteiger partial charge in [0.25, 0.3) is 5.91 Å². The molecule has 0 bridgehead atoms. The number of rotatable bonds is 9. The summed E-state index contributed by atoms with van der Waals surface area (Å²) in [5, 5.41) is 11.6. The Morgan fingerprint density at radius 1 is 0.914 bits per heavy atom. The molecule has 3 aromatic carbocycles. The van der Waals surface area contributed by atoms with E-state index in [2.05, 4.69) is 5.32 Å². The van der Waals surface area contributed by atoms with E-state index in [1.54, 1.807) is 6.07 Å². The highest BCUT2D eigenvalue weighted by atomic mass is 19.4. The number of ether oxygens (including phenoxy) is 1. The fourth-order valence-electron chi connectivity index (χ4n) is 3.69. The lowest BCUT2D eigenvalue weighted by Crippen LogP contribution is -2.26. The Morgan fingerprint density at radius 3 is 2.31 bits per heavy atom. The Hall–Kier alpha value is -3.81. The average Bonchev–Trinajstić information content (AvgIpc) is 2.78. The number of nitrogens with one attached hydrogen (secondary N) is 1. The molecule has 0 unspecified atom stereocenters. The van der Waals surface area contributed by atoms with E-state index in [4.69, 9.17) is 9.84 Å². The maximum absolute atomic E-state index is 12.9. The van der Waals surface area contributed by atoms with Crippen molar-refractivity contribution in [1.82, 2.24) is 5.32 Å². The number of hydrogen-bond acceptors (Lipinski definition) is 3. The van der Waals surface area contributed by atoms with Crippen LogP contribution in [-0.2, 0) is 23.8 Å². The van der Waals surface area contributed by atoms with Crippen LogP contribution < -0.4 is 10.1 Å². The predicted molar refractivity (Wildman–Crippen MR) is 126 cm³/mol. The highest BCUT2D eigenvalue weighted by molar-refractivity contribution is 5.95. The molecular weight excluding hydrogens is 459 g/mol. The SMILES string of the molecule is Cc1cc(Oc2ccccc2CCNC(=O)c2ccc(C(F)(F)F)cc2C)ccc1CCC(=O)O. The molecule has 0 saturated heterocycles.